The van der Waals surface area contributed by atoms with Gasteiger partial charge in [-0.1, -0.05) is 44.2 Å². The number of ether oxygens (including phenoxy) is 1. The van der Waals surface area contributed by atoms with E-state index in [-0.39, 0.29) is 5.43 Å². The monoisotopic (exact) mass is 365 g/mol. The highest BCUT2D eigenvalue weighted by Crippen LogP contribution is 2.19. The minimum Gasteiger partial charge on any atom is -0.493 e. The van der Waals surface area contributed by atoms with E-state index in [1.165, 1.54) is 10.5 Å². The van der Waals surface area contributed by atoms with Gasteiger partial charge in [0.1, 0.15) is 18.8 Å². The average Bonchev–Trinajstić information content (AvgIpc) is 2.64. The van der Waals surface area contributed by atoms with E-state index < -0.39 is 0 Å². The maximum atomic E-state index is 13.1. The number of aromatic amines is 1. The average molecular weight is 365 g/mol. The molecule has 142 valence electrons. The predicted molar refractivity (Wildman–Crippen MR) is 110 cm³/mol. The van der Waals surface area contributed by atoms with Gasteiger partial charge in [0.15, 0.2) is 5.43 Å². The number of hydrogen-bond donors (Lipinski definition) is 2. The zero-order chi connectivity index (χ0) is 19.4. The molecule has 0 aliphatic rings. The molecule has 0 radical (unpaired) electrons. The first-order valence-corrected chi connectivity index (χ1v) is 9.57. The molecule has 0 spiro atoms. The minimum atomic E-state index is 0.101. The smallest absolute Gasteiger partial charge is 0.198 e. The summed E-state index contributed by atoms with van der Waals surface area (Å²) in [5, 5.41) is 0.698. The van der Waals surface area contributed by atoms with Crippen LogP contribution < -0.4 is 15.1 Å². The molecule has 0 aliphatic carbocycles. The van der Waals surface area contributed by atoms with Crippen LogP contribution >= 0.6 is 0 Å². The van der Waals surface area contributed by atoms with Gasteiger partial charge in [0.2, 0.25) is 0 Å². The first kappa shape index (κ1) is 19.2. The Labute approximate surface area is 160 Å². The van der Waals surface area contributed by atoms with Crippen LogP contribution in [0.4, 0.5) is 0 Å². The second-order valence-electron chi connectivity index (χ2n) is 7.77. The van der Waals surface area contributed by atoms with E-state index in [1.54, 1.807) is 0 Å². The molecule has 1 heterocycles. The summed E-state index contributed by atoms with van der Waals surface area (Å²) in [7, 11) is 2.12. The first-order chi connectivity index (χ1) is 12.9. The van der Waals surface area contributed by atoms with Gasteiger partial charge in [0, 0.05) is 22.2 Å². The number of benzene rings is 2. The summed E-state index contributed by atoms with van der Waals surface area (Å²) in [5.41, 5.74) is 4.02. The van der Waals surface area contributed by atoms with Crippen molar-refractivity contribution in [3.8, 4) is 5.75 Å². The Hall–Kier alpha value is -2.59. The molecule has 1 atom stereocenters. The van der Waals surface area contributed by atoms with E-state index in [0.717, 1.165) is 29.1 Å². The van der Waals surface area contributed by atoms with Crippen molar-refractivity contribution < 1.29 is 9.64 Å². The maximum absolute atomic E-state index is 13.1. The Balaban J connectivity index is 1.87. The normalized spacial score (nSPS) is 12.5. The molecule has 0 amide bonds. The van der Waals surface area contributed by atoms with Crippen molar-refractivity contribution in [1.29, 1.82) is 0 Å². The Morgan fingerprint density at radius 1 is 1.07 bits per heavy atom. The lowest BCUT2D eigenvalue weighted by Gasteiger charge is -2.16. The van der Waals surface area contributed by atoms with Crippen LogP contribution in [-0.2, 0) is 13.1 Å². The Bertz CT molecular complexity index is 961. The lowest BCUT2D eigenvalue weighted by atomic mass is 10.1. The first-order valence-electron chi connectivity index (χ1n) is 9.57. The van der Waals surface area contributed by atoms with Gasteiger partial charge in [-0.25, -0.2) is 0 Å². The van der Waals surface area contributed by atoms with E-state index in [1.807, 2.05) is 31.2 Å². The van der Waals surface area contributed by atoms with Crippen LogP contribution in [0.2, 0.25) is 0 Å². The largest absolute Gasteiger partial charge is 0.493 e. The molecule has 1 unspecified atom stereocenters. The molecule has 1 aromatic heterocycles. The van der Waals surface area contributed by atoms with Crippen molar-refractivity contribution >= 4 is 10.9 Å². The molecular weight excluding hydrogens is 336 g/mol. The predicted octanol–water partition coefficient (Wildman–Crippen LogP) is 3.09. The Morgan fingerprint density at radius 3 is 2.52 bits per heavy atom. The standard InChI is InChI=1S/C23H28N2O2/c1-16(2)15-27-19-10-11-22-20(12-19)23(26)21(17(3)24-22)14-25(4)13-18-8-6-5-7-9-18/h5-12,16H,13-15H2,1-4H3,(H,24,26)/p+1. The Kier molecular flexibility index (Phi) is 5.97. The molecule has 0 saturated carbocycles. The fraction of sp³-hybridized carbons (Fsp3) is 0.348. The van der Waals surface area contributed by atoms with Crippen LogP contribution in [0.25, 0.3) is 10.9 Å². The summed E-state index contributed by atoms with van der Waals surface area (Å²) in [6, 6.07) is 16.1. The molecule has 0 fully saturated rings. The number of H-pyrrole nitrogens is 1. The van der Waals surface area contributed by atoms with Gasteiger partial charge in [0.05, 0.1) is 19.2 Å². The third kappa shape index (κ3) is 4.77. The number of pyridine rings is 1. The van der Waals surface area contributed by atoms with E-state index in [9.17, 15) is 4.79 Å². The van der Waals surface area contributed by atoms with Crippen molar-refractivity contribution in [1.82, 2.24) is 4.98 Å². The number of hydrogen-bond acceptors (Lipinski definition) is 2. The number of quaternary nitrogens is 1. The summed E-state index contributed by atoms with van der Waals surface area (Å²) < 4.78 is 5.80. The highest BCUT2D eigenvalue weighted by atomic mass is 16.5. The Morgan fingerprint density at radius 2 is 1.81 bits per heavy atom. The molecule has 0 bridgehead atoms. The molecule has 4 nitrogen and oxygen atoms in total. The molecule has 27 heavy (non-hydrogen) atoms. The fourth-order valence-electron chi connectivity index (χ4n) is 3.30. The van der Waals surface area contributed by atoms with Gasteiger partial charge < -0.3 is 14.6 Å². The molecule has 0 saturated heterocycles. The van der Waals surface area contributed by atoms with Crippen molar-refractivity contribution in [2.75, 3.05) is 13.7 Å². The number of nitrogens with one attached hydrogen (secondary N) is 2. The quantitative estimate of drug-likeness (QED) is 0.676. The lowest BCUT2D eigenvalue weighted by Crippen LogP contribution is -3.06. The van der Waals surface area contributed by atoms with Crippen LogP contribution in [0.15, 0.2) is 53.3 Å². The molecular formula is C23H29N2O2+. The molecule has 2 N–H and O–H groups in total. The second kappa shape index (κ2) is 8.40. The summed E-state index contributed by atoms with van der Waals surface area (Å²) in [4.78, 5) is 17.8. The van der Waals surface area contributed by atoms with Crippen LogP contribution in [-0.4, -0.2) is 18.6 Å². The summed E-state index contributed by atoms with van der Waals surface area (Å²) in [5.74, 6) is 1.20. The van der Waals surface area contributed by atoms with Crippen molar-refractivity contribution in [2.45, 2.75) is 33.9 Å². The van der Waals surface area contributed by atoms with E-state index >= 15 is 0 Å². The molecule has 4 heteroatoms. The SMILES string of the molecule is Cc1[nH]c2ccc(OCC(C)C)cc2c(=O)c1C[NH+](C)Cc1ccccc1. The van der Waals surface area contributed by atoms with Gasteiger partial charge in [-0.2, -0.15) is 0 Å². The second-order valence-corrected chi connectivity index (χ2v) is 7.77. The van der Waals surface area contributed by atoms with Gasteiger partial charge in [0.25, 0.3) is 0 Å². The number of aromatic nitrogens is 1. The minimum absolute atomic E-state index is 0.101. The molecule has 2 aromatic carbocycles. The fourth-order valence-corrected chi connectivity index (χ4v) is 3.30. The van der Waals surface area contributed by atoms with Crippen LogP contribution in [0.3, 0.4) is 0 Å². The summed E-state index contributed by atoms with van der Waals surface area (Å²) in [6.45, 7) is 8.42. The third-order valence-electron chi connectivity index (χ3n) is 4.70. The lowest BCUT2D eigenvalue weighted by molar-refractivity contribution is -0.907. The van der Waals surface area contributed by atoms with Crippen molar-refractivity contribution in [3.05, 3.63) is 75.6 Å². The number of fused-ring (bicyclic) bond motifs is 1. The van der Waals surface area contributed by atoms with Gasteiger partial charge in [-0.15, -0.1) is 0 Å². The van der Waals surface area contributed by atoms with E-state index in [4.69, 9.17) is 4.74 Å². The topological polar surface area (TPSA) is 46.5 Å². The summed E-state index contributed by atoms with van der Waals surface area (Å²) >= 11 is 0. The summed E-state index contributed by atoms with van der Waals surface area (Å²) in [6.07, 6.45) is 0. The van der Waals surface area contributed by atoms with E-state index in [2.05, 4.69) is 50.1 Å². The van der Waals surface area contributed by atoms with Gasteiger partial charge in [-0.05, 0) is 31.0 Å². The molecule has 3 rings (SSSR count). The van der Waals surface area contributed by atoms with Gasteiger partial charge in [-0.3, -0.25) is 4.79 Å². The highest BCUT2D eigenvalue weighted by Gasteiger charge is 2.15. The van der Waals surface area contributed by atoms with Crippen LogP contribution in [0, 0.1) is 12.8 Å². The van der Waals surface area contributed by atoms with Crippen LogP contribution in [0.5, 0.6) is 5.75 Å². The molecule has 3 aromatic rings. The number of aryl methyl sites for hydroxylation is 1. The van der Waals surface area contributed by atoms with Crippen molar-refractivity contribution in [3.63, 3.8) is 0 Å². The van der Waals surface area contributed by atoms with Crippen molar-refractivity contribution in [2.24, 2.45) is 5.92 Å². The van der Waals surface area contributed by atoms with Gasteiger partial charge >= 0.3 is 0 Å². The van der Waals surface area contributed by atoms with E-state index in [0.29, 0.717) is 24.5 Å². The third-order valence-corrected chi connectivity index (χ3v) is 4.70. The highest BCUT2D eigenvalue weighted by molar-refractivity contribution is 5.81. The molecule has 0 aliphatic heterocycles. The maximum Gasteiger partial charge on any atom is 0.198 e. The zero-order valence-corrected chi connectivity index (χ0v) is 16.6. The zero-order valence-electron chi connectivity index (χ0n) is 16.6. The van der Waals surface area contributed by atoms with Crippen LogP contribution in [0.1, 0.15) is 30.7 Å². The number of rotatable bonds is 7.